The van der Waals surface area contributed by atoms with Crippen molar-refractivity contribution in [2.45, 2.75) is 32.8 Å². The molecule has 6 heteroatoms. The van der Waals surface area contributed by atoms with Gasteiger partial charge in [0.05, 0.1) is 11.8 Å². The van der Waals surface area contributed by atoms with E-state index in [9.17, 15) is 9.90 Å². The first-order chi connectivity index (χ1) is 12.5. The number of aromatic nitrogens is 2. The van der Waals surface area contributed by atoms with Gasteiger partial charge in [-0.15, -0.1) is 0 Å². The number of aliphatic hydroxyl groups is 1. The maximum atomic E-state index is 11.7. The van der Waals surface area contributed by atoms with Gasteiger partial charge in [0.1, 0.15) is 11.6 Å². The van der Waals surface area contributed by atoms with Crippen molar-refractivity contribution in [2.24, 2.45) is 0 Å². The van der Waals surface area contributed by atoms with E-state index in [1.807, 2.05) is 54.1 Å². The smallest absolute Gasteiger partial charge is 0.219 e. The van der Waals surface area contributed by atoms with Crippen LogP contribution >= 0.6 is 0 Å². The average Bonchev–Trinajstić information content (AvgIpc) is 2.84. The highest BCUT2D eigenvalue weighted by Crippen LogP contribution is 2.26. The molecular formula is C20H26N4O2. The van der Waals surface area contributed by atoms with E-state index in [0.29, 0.717) is 19.6 Å². The van der Waals surface area contributed by atoms with Gasteiger partial charge in [-0.25, -0.2) is 9.97 Å². The second-order valence-corrected chi connectivity index (χ2v) is 6.83. The van der Waals surface area contributed by atoms with Crippen molar-refractivity contribution in [2.75, 3.05) is 31.6 Å². The number of anilines is 1. The van der Waals surface area contributed by atoms with E-state index >= 15 is 0 Å². The normalized spacial score (nSPS) is 15.2. The third-order valence-corrected chi connectivity index (χ3v) is 4.87. The van der Waals surface area contributed by atoms with Crippen molar-refractivity contribution in [3.05, 3.63) is 53.0 Å². The molecule has 1 N–H and O–H groups in total. The maximum absolute atomic E-state index is 11.7. The number of nitrogens with zero attached hydrogens (tertiary/aromatic N) is 4. The Morgan fingerprint density at radius 3 is 2.62 bits per heavy atom. The summed E-state index contributed by atoms with van der Waals surface area (Å²) in [7, 11) is 1.95. The average molecular weight is 354 g/mol. The molecule has 0 bridgehead atoms. The summed E-state index contributed by atoms with van der Waals surface area (Å²) in [6.07, 6.45) is 0.878. The number of carbonyl (C=O) groups is 1. The SMILES string of the molecule is CC(=O)N1CCc2nc(C)nc(N(C)CC(O)c3ccccc3)c2CC1. The zero-order valence-electron chi connectivity index (χ0n) is 15.6. The Balaban J connectivity index is 1.84. The van der Waals surface area contributed by atoms with Gasteiger partial charge in [0.15, 0.2) is 0 Å². The lowest BCUT2D eigenvalue weighted by atomic mass is 10.1. The van der Waals surface area contributed by atoms with Gasteiger partial charge in [-0.2, -0.15) is 0 Å². The van der Waals surface area contributed by atoms with Gasteiger partial charge in [0, 0.05) is 45.6 Å². The van der Waals surface area contributed by atoms with Crippen LogP contribution in [0.5, 0.6) is 0 Å². The molecule has 0 saturated heterocycles. The summed E-state index contributed by atoms with van der Waals surface area (Å²) in [6, 6.07) is 9.64. The number of carbonyl (C=O) groups excluding carboxylic acids is 1. The third kappa shape index (κ3) is 4.02. The summed E-state index contributed by atoms with van der Waals surface area (Å²) in [5.74, 6) is 1.67. The van der Waals surface area contributed by atoms with E-state index in [4.69, 9.17) is 0 Å². The van der Waals surface area contributed by atoms with Gasteiger partial charge in [-0.05, 0) is 18.9 Å². The van der Waals surface area contributed by atoms with E-state index in [0.717, 1.165) is 41.3 Å². The molecule has 0 fully saturated rings. The summed E-state index contributed by atoms with van der Waals surface area (Å²) >= 11 is 0. The largest absolute Gasteiger partial charge is 0.387 e. The summed E-state index contributed by atoms with van der Waals surface area (Å²) in [5.41, 5.74) is 2.98. The first kappa shape index (κ1) is 18.3. The van der Waals surface area contributed by atoms with E-state index in [2.05, 4.69) is 9.97 Å². The molecule has 138 valence electrons. The number of benzene rings is 1. The lowest BCUT2D eigenvalue weighted by Crippen LogP contribution is -2.31. The Kier molecular flexibility index (Phi) is 5.52. The van der Waals surface area contributed by atoms with Crippen LogP contribution in [0.2, 0.25) is 0 Å². The zero-order chi connectivity index (χ0) is 18.7. The number of hydrogen-bond acceptors (Lipinski definition) is 5. The number of aryl methyl sites for hydroxylation is 1. The van der Waals surface area contributed by atoms with Gasteiger partial charge >= 0.3 is 0 Å². The van der Waals surface area contributed by atoms with Crippen molar-refractivity contribution in [1.29, 1.82) is 0 Å². The van der Waals surface area contributed by atoms with Crippen molar-refractivity contribution in [1.82, 2.24) is 14.9 Å². The summed E-state index contributed by atoms with van der Waals surface area (Å²) in [4.78, 5) is 24.8. The van der Waals surface area contributed by atoms with Crippen LogP contribution in [0.3, 0.4) is 0 Å². The standard InChI is InChI=1S/C20H26N4O2/c1-14-21-18-10-12-24(15(2)25)11-9-17(18)20(22-14)23(3)13-19(26)16-7-5-4-6-8-16/h4-8,19,26H,9-13H2,1-3H3. The first-order valence-corrected chi connectivity index (χ1v) is 9.01. The molecule has 3 rings (SSSR count). The van der Waals surface area contributed by atoms with E-state index < -0.39 is 6.10 Å². The lowest BCUT2D eigenvalue weighted by molar-refractivity contribution is -0.128. The molecule has 1 amide bonds. The molecular weight excluding hydrogens is 328 g/mol. The predicted octanol–water partition coefficient (Wildman–Crippen LogP) is 1.90. The second kappa shape index (κ2) is 7.83. The topological polar surface area (TPSA) is 69.6 Å². The van der Waals surface area contributed by atoms with Gasteiger partial charge in [0.25, 0.3) is 0 Å². The second-order valence-electron chi connectivity index (χ2n) is 6.83. The number of aliphatic hydroxyl groups excluding tert-OH is 1. The Morgan fingerprint density at radius 1 is 1.23 bits per heavy atom. The van der Waals surface area contributed by atoms with Gasteiger partial charge in [-0.1, -0.05) is 30.3 Å². The van der Waals surface area contributed by atoms with Crippen LogP contribution in [0.4, 0.5) is 5.82 Å². The molecule has 0 saturated carbocycles. The number of likely N-dealkylation sites (N-methyl/N-ethyl adjacent to an activating group) is 1. The minimum Gasteiger partial charge on any atom is -0.387 e. The molecule has 1 aromatic heterocycles. The first-order valence-electron chi connectivity index (χ1n) is 9.01. The fraction of sp³-hybridized carbons (Fsp3) is 0.450. The highest BCUT2D eigenvalue weighted by Gasteiger charge is 2.23. The molecule has 0 aliphatic carbocycles. The van der Waals surface area contributed by atoms with Crippen molar-refractivity contribution < 1.29 is 9.90 Å². The summed E-state index contributed by atoms with van der Waals surface area (Å²) in [6.45, 7) is 5.31. The Hall–Kier alpha value is -2.47. The molecule has 2 aromatic rings. The molecule has 1 aliphatic rings. The van der Waals surface area contributed by atoms with Gasteiger partial charge in [-0.3, -0.25) is 4.79 Å². The third-order valence-electron chi connectivity index (χ3n) is 4.87. The van der Waals surface area contributed by atoms with Crippen LogP contribution < -0.4 is 4.90 Å². The van der Waals surface area contributed by atoms with Crippen LogP contribution in [-0.4, -0.2) is 52.6 Å². The fourth-order valence-electron chi connectivity index (χ4n) is 3.46. The minimum absolute atomic E-state index is 0.0943. The van der Waals surface area contributed by atoms with E-state index in [-0.39, 0.29) is 5.91 Å². The minimum atomic E-state index is -0.591. The highest BCUT2D eigenvalue weighted by atomic mass is 16.3. The predicted molar refractivity (Wildman–Crippen MR) is 101 cm³/mol. The molecule has 6 nitrogen and oxygen atoms in total. The highest BCUT2D eigenvalue weighted by molar-refractivity contribution is 5.73. The lowest BCUT2D eigenvalue weighted by Gasteiger charge is -2.25. The Labute approximate surface area is 154 Å². The number of hydrogen-bond donors (Lipinski definition) is 1. The molecule has 1 aromatic carbocycles. The number of amides is 1. The van der Waals surface area contributed by atoms with E-state index in [1.54, 1.807) is 6.92 Å². The molecule has 2 heterocycles. The molecule has 1 unspecified atom stereocenters. The Morgan fingerprint density at radius 2 is 1.92 bits per heavy atom. The van der Waals surface area contributed by atoms with E-state index in [1.165, 1.54) is 0 Å². The number of fused-ring (bicyclic) bond motifs is 1. The van der Waals surface area contributed by atoms with Crippen LogP contribution in [-0.2, 0) is 17.6 Å². The van der Waals surface area contributed by atoms with Crippen molar-refractivity contribution >= 4 is 11.7 Å². The molecule has 26 heavy (non-hydrogen) atoms. The monoisotopic (exact) mass is 354 g/mol. The van der Waals surface area contributed by atoms with Crippen molar-refractivity contribution in [3.63, 3.8) is 0 Å². The molecule has 1 atom stereocenters. The molecule has 0 radical (unpaired) electrons. The van der Waals surface area contributed by atoms with Crippen LogP contribution in [0, 0.1) is 6.92 Å². The van der Waals surface area contributed by atoms with Crippen LogP contribution in [0.15, 0.2) is 30.3 Å². The van der Waals surface area contributed by atoms with Gasteiger partial charge < -0.3 is 14.9 Å². The zero-order valence-corrected chi connectivity index (χ0v) is 15.6. The Bertz CT molecular complexity index is 779. The maximum Gasteiger partial charge on any atom is 0.219 e. The van der Waals surface area contributed by atoms with Gasteiger partial charge in [0.2, 0.25) is 5.91 Å². The van der Waals surface area contributed by atoms with Crippen molar-refractivity contribution in [3.8, 4) is 0 Å². The fourth-order valence-corrected chi connectivity index (χ4v) is 3.46. The van der Waals surface area contributed by atoms with Crippen LogP contribution in [0.25, 0.3) is 0 Å². The van der Waals surface area contributed by atoms with Crippen LogP contribution in [0.1, 0.15) is 35.7 Å². The quantitative estimate of drug-likeness (QED) is 0.908. The molecule has 1 aliphatic heterocycles. The summed E-state index contributed by atoms with van der Waals surface area (Å²) < 4.78 is 0. The molecule has 0 spiro atoms. The number of rotatable bonds is 4. The summed E-state index contributed by atoms with van der Waals surface area (Å²) in [5, 5.41) is 10.6.